The minimum absolute atomic E-state index is 0.545. The summed E-state index contributed by atoms with van der Waals surface area (Å²) < 4.78 is 2.49. The number of rotatable bonds is 4. The van der Waals surface area contributed by atoms with Gasteiger partial charge in [-0.2, -0.15) is 0 Å². The Balaban J connectivity index is 1.08. The Labute approximate surface area is 334 Å². The first-order valence-corrected chi connectivity index (χ1v) is 20.1. The highest BCUT2D eigenvalue weighted by atomic mass is 32.2. The highest BCUT2D eigenvalue weighted by Crippen LogP contribution is 2.60. The van der Waals surface area contributed by atoms with E-state index in [4.69, 9.17) is 15.0 Å². The topological polar surface area (TPSA) is 43.6 Å². The molecule has 0 fully saturated rings. The summed E-state index contributed by atoms with van der Waals surface area (Å²) in [6, 6.07) is 69.7. The van der Waals surface area contributed by atoms with Crippen molar-refractivity contribution in [2.75, 3.05) is 0 Å². The fraction of sp³-hybridized carbons (Fsp3) is 0.0192. The number of nitrogens with zero attached hydrogens (tertiary/aromatic N) is 4. The summed E-state index contributed by atoms with van der Waals surface area (Å²) in [6.07, 6.45) is 0. The lowest BCUT2D eigenvalue weighted by Gasteiger charge is -2.45. The van der Waals surface area contributed by atoms with Crippen LogP contribution in [0.3, 0.4) is 0 Å². The van der Waals surface area contributed by atoms with Crippen LogP contribution in [0.5, 0.6) is 0 Å². The van der Waals surface area contributed by atoms with Crippen molar-refractivity contribution in [2.45, 2.75) is 15.2 Å². The van der Waals surface area contributed by atoms with Crippen molar-refractivity contribution in [2.24, 2.45) is 0 Å². The molecule has 8 aromatic carbocycles. The smallest absolute Gasteiger partial charge is 0.164 e. The zero-order valence-electron chi connectivity index (χ0n) is 30.7. The van der Waals surface area contributed by atoms with E-state index in [-0.39, 0.29) is 0 Å². The maximum absolute atomic E-state index is 5.19. The van der Waals surface area contributed by atoms with E-state index in [0.29, 0.717) is 17.5 Å². The van der Waals surface area contributed by atoms with Gasteiger partial charge >= 0.3 is 0 Å². The Bertz CT molecular complexity index is 3210. The molecule has 0 bridgehead atoms. The average Bonchev–Trinajstić information content (AvgIpc) is 3.63. The Kier molecular flexibility index (Phi) is 7.04. The third kappa shape index (κ3) is 4.73. The normalized spacial score (nSPS) is 15.0. The molecule has 12 rings (SSSR count). The van der Waals surface area contributed by atoms with Crippen LogP contribution in [-0.2, 0) is 5.41 Å². The molecule has 5 heteroatoms. The van der Waals surface area contributed by atoms with Crippen LogP contribution in [0.1, 0.15) is 22.3 Å². The fourth-order valence-electron chi connectivity index (χ4n) is 9.26. The Morgan fingerprint density at radius 3 is 1.68 bits per heavy atom. The third-order valence-electron chi connectivity index (χ3n) is 11.7. The summed E-state index contributed by atoms with van der Waals surface area (Å²) in [7, 11) is 0. The molecule has 0 saturated heterocycles. The molecule has 57 heavy (non-hydrogen) atoms. The molecule has 4 heterocycles. The SMILES string of the molecule is c1ccc(-c2ccc(-c3nc(-c4ccccc4)nc(-c4ccc5c(c4)Sc4ccccc4C54c5ccccc5-n5c6ccccc6c6cccc4c65)n3)cc2)cc1. The monoisotopic (exact) mass is 744 g/mol. The zero-order valence-corrected chi connectivity index (χ0v) is 31.5. The molecule has 0 radical (unpaired) electrons. The molecular formula is C52H32N4S. The molecule has 1 unspecified atom stereocenters. The second-order valence-electron chi connectivity index (χ2n) is 14.7. The van der Waals surface area contributed by atoms with E-state index in [9.17, 15) is 0 Å². The van der Waals surface area contributed by atoms with Crippen LogP contribution >= 0.6 is 11.8 Å². The van der Waals surface area contributed by atoms with E-state index < -0.39 is 5.41 Å². The molecule has 1 atom stereocenters. The van der Waals surface area contributed by atoms with Crippen molar-refractivity contribution in [3.63, 3.8) is 0 Å². The van der Waals surface area contributed by atoms with E-state index in [0.717, 1.165) is 22.3 Å². The van der Waals surface area contributed by atoms with Gasteiger partial charge in [-0.3, -0.25) is 0 Å². The zero-order chi connectivity index (χ0) is 37.5. The van der Waals surface area contributed by atoms with Crippen molar-refractivity contribution in [3.05, 3.63) is 216 Å². The van der Waals surface area contributed by atoms with Crippen LogP contribution in [0.4, 0.5) is 0 Å². The quantitative estimate of drug-likeness (QED) is 0.180. The van der Waals surface area contributed by atoms with Gasteiger partial charge in [0, 0.05) is 37.3 Å². The first-order chi connectivity index (χ1) is 28.3. The maximum atomic E-state index is 5.19. The first kappa shape index (κ1) is 32.2. The molecule has 4 nitrogen and oxygen atoms in total. The number of fused-ring (bicyclic) bond motifs is 11. The first-order valence-electron chi connectivity index (χ1n) is 19.3. The van der Waals surface area contributed by atoms with Crippen LogP contribution < -0.4 is 0 Å². The molecule has 2 aliphatic heterocycles. The van der Waals surface area contributed by atoms with E-state index in [1.165, 1.54) is 65.1 Å². The molecule has 10 aromatic rings. The molecule has 2 aromatic heterocycles. The molecule has 1 spiro atoms. The van der Waals surface area contributed by atoms with Crippen molar-refractivity contribution in [3.8, 4) is 51.0 Å². The molecule has 2 aliphatic rings. The average molecular weight is 745 g/mol. The van der Waals surface area contributed by atoms with Gasteiger partial charge in [-0.25, -0.2) is 15.0 Å². The van der Waals surface area contributed by atoms with Crippen molar-refractivity contribution in [1.29, 1.82) is 0 Å². The molecule has 0 saturated carbocycles. The van der Waals surface area contributed by atoms with Crippen LogP contribution in [0.2, 0.25) is 0 Å². The summed E-state index contributed by atoms with van der Waals surface area (Å²) >= 11 is 1.83. The Morgan fingerprint density at radius 1 is 0.368 bits per heavy atom. The summed E-state index contributed by atoms with van der Waals surface area (Å²) in [5, 5.41) is 2.54. The molecule has 0 aliphatic carbocycles. The number of hydrogen-bond acceptors (Lipinski definition) is 4. The maximum Gasteiger partial charge on any atom is 0.164 e. The van der Waals surface area contributed by atoms with Gasteiger partial charge in [0.25, 0.3) is 0 Å². The molecule has 266 valence electrons. The van der Waals surface area contributed by atoms with E-state index >= 15 is 0 Å². The van der Waals surface area contributed by atoms with Crippen LogP contribution in [0, 0.1) is 0 Å². The highest BCUT2D eigenvalue weighted by molar-refractivity contribution is 7.99. The van der Waals surface area contributed by atoms with Gasteiger partial charge in [-0.05, 0) is 57.6 Å². The van der Waals surface area contributed by atoms with Gasteiger partial charge in [0.15, 0.2) is 17.5 Å². The number of para-hydroxylation sites is 3. The third-order valence-corrected chi connectivity index (χ3v) is 12.9. The second kappa shape index (κ2) is 12.5. The summed E-state index contributed by atoms with van der Waals surface area (Å²) in [6.45, 7) is 0. The van der Waals surface area contributed by atoms with Gasteiger partial charge in [-0.1, -0.05) is 182 Å². The number of hydrogen-bond donors (Lipinski definition) is 0. The number of aromatic nitrogens is 4. The van der Waals surface area contributed by atoms with Crippen molar-refractivity contribution >= 4 is 33.6 Å². The predicted octanol–water partition coefficient (Wildman–Crippen LogP) is 12.8. The Hall–Kier alpha value is -7.08. The van der Waals surface area contributed by atoms with Crippen molar-refractivity contribution in [1.82, 2.24) is 19.5 Å². The van der Waals surface area contributed by atoms with Gasteiger partial charge in [0.05, 0.1) is 22.1 Å². The van der Waals surface area contributed by atoms with E-state index in [1.807, 2.05) is 36.0 Å². The van der Waals surface area contributed by atoms with E-state index in [2.05, 4.69) is 174 Å². The largest absolute Gasteiger partial charge is 0.309 e. The van der Waals surface area contributed by atoms with Gasteiger partial charge in [0.2, 0.25) is 0 Å². The van der Waals surface area contributed by atoms with Crippen molar-refractivity contribution < 1.29 is 0 Å². The molecular weight excluding hydrogens is 713 g/mol. The van der Waals surface area contributed by atoms with Crippen LogP contribution in [0.25, 0.3) is 72.8 Å². The lowest BCUT2D eigenvalue weighted by molar-refractivity contribution is 0.689. The predicted molar refractivity (Wildman–Crippen MR) is 232 cm³/mol. The van der Waals surface area contributed by atoms with Gasteiger partial charge in [-0.15, -0.1) is 0 Å². The number of benzene rings is 8. The summed E-state index contributed by atoms with van der Waals surface area (Å²) in [4.78, 5) is 17.8. The molecule has 0 amide bonds. The van der Waals surface area contributed by atoms with E-state index in [1.54, 1.807) is 0 Å². The standard InChI is InChI=1S/C52H32N4S/c1-3-14-33(15-4-1)34-26-28-36(29-27-34)50-53-49(35-16-5-2-6-17-35)54-51(55-50)37-30-31-42-47(32-37)57-46-25-12-9-21-41(46)52(42)40-20-8-11-24-45(40)56-44-23-10-7-18-38(44)39-19-13-22-43(52)48(39)56/h1-32H. The lowest BCUT2D eigenvalue weighted by atomic mass is 9.62. The van der Waals surface area contributed by atoms with Crippen LogP contribution in [0.15, 0.2) is 204 Å². The molecule has 0 N–H and O–H groups in total. The fourth-order valence-corrected chi connectivity index (χ4v) is 10.5. The minimum Gasteiger partial charge on any atom is -0.309 e. The van der Waals surface area contributed by atoms with Gasteiger partial charge in [0.1, 0.15) is 0 Å². The minimum atomic E-state index is -0.545. The van der Waals surface area contributed by atoms with Crippen LogP contribution in [-0.4, -0.2) is 19.5 Å². The summed E-state index contributed by atoms with van der Waals surface area (Å²) in [5.41, 5.74) is 13.5. The Morgan fingerprint density at radius 2 is 0.895 bits per heavy atom. The summed E-state index contributed by atoms with van der Waals surface area (Å²) in [5.74, 6) is 1.94. The lowest BCUT2D eigenvalue weighted by Crippen LogP contribution is -2.37. The highest BCUT2D eigenvalue weighted by Gasteiger charge is 2.49. The second-order valence-corrected chi connectivity index (χ2v) is 15.8. The van der Waals surface area contributed by atoms with Gasteiger partial charge < -0.3 is 4.57 Å².